The van der Waals surface area contributed by atoms with Gasteiger partial charge in [-0.05, 0) is 42.5 Å². The summed E-state index contributed by atoms with van der Waals surface area (Å²) in [7, 11) is 5.40. The van der Waals surface area contributed by atoms with Crippen molar-refractivity contribution in [3.63, 3.8) is 0 Å². The summed E-state index contributed by atoms with van der Waals surface area (Å²) >= 11 is 0. The van der Waals surface area contributed by atoms with E-state index in [1.165, 1.54) is 15.4 Å². The van der Waals surface area contributed by atoms with Crippen LogP contribution in [0.3, 0.4) is 0 Å². The van der Waals surface area contributed by atoms with Crippen LogP contribution in [0.25, 0.3) is 0 Å². The molecule has 0 aliphatic heterocycles. The van der Waals surface area contributed by atoms with E-state index in [1.54, 1.807) is 7.11 Å². The van der Waals surface area contributed by atoms with E-state index in [0.717, 1.165) is 18.6 Å². The predicted molar refractivity (Wildman–Crippen MR) is 77.0 cm³/mol. The summed E-state index contributed by atoms with van der Waals surface area (Å²) in [5, 5.41) is 0. The van der Waals surface area contributed by atoms with Gasteiger partial charge < -0.3 is 4.74 Å². The molecule has 17 heavy (non-hydrogen) atoms. The van der Waals surface area contributed by atoms with Crippen LogP contribution in [0.15, 0.2) is 52.0 Å². The fraction of sp³-hybridized carbons (Fsp3) is 0.286. The average Bonchev–Trinajstić information content (AvgIpc) is 2.39. The van der Waals surface area contributed by atoms with Gasteiger partial charge in [0, 0.05) is 11.3 Å². The van der Waals surface area contributed by atoms with Crippen LogP contribution < -0.4 is 0 Å². The van der Waals surface area contributed by atoms with Gasteiger partial charge in [-0.3, -0.25) is 0 Å². The normalized spacial score (nSPS) is 15.2. The Morgan fingerprint density at radius 2 is 1.76 bits per heavy atom. The third kappa shape index (κ3) is 3.86. The van der Waals surface area contributed by atoms with Crippen molar-refractivity contribution >= 4 is 21.6 Å². The highest BCUT2D eigenvalue weighted by Gasteiger charge is 2.07. The van der Waals surface area contributed by atoms with Crippen molar-refractivity contribution in [1.82, 2.24) is 0 Å². The van der Waals surface area contributed by atoms with Crippen molar-refractivity contribution in [3.05, 3.63) is 52.6 Å². The summed E-state index contributed by atoms with van der Waals surface area (Å²) in [5.41, 5.74) is 1.31. The summed E-state index contributed by atoms with van der Waals surface area (Å²) in [4.78, 5) is 2.72. The van der Waals surface area contributed by atoms with Gasteiger partial charge >= 0.3 is 0 Å². The molecule has 0 heterocycles. The molecule has 0 atom stereocenters. The molecule has 0 radical (unpaired) electrons. The first-order chi connectivity index (χ1) is 8.28. The number of methoxy groups -OCH3 is 1. The molecule has 0 N–H and O–H groups in total. The molecule has 2 rings (SSSR count). The van der Waals surface area contributed by atoms with E-state index in [2.05, 4.69) is 43.3 Å². The van der Waals surface area contributed by atoms with Crippen LogP contribution >= 0.6 is 21.6 Å². The van der Waals surface area contributed by atoms with Crippen LogP contribution in [-0.2, 0) is 4.74 Å². The Balaban J connectivity index is 1.89. The number of benzene rings is 1. The van der Waals surface area contributed by atoms with Gasteiger partial charge in [-0.2, -0.15) is 0 Å². The van der Waals surface area contributed by atoms with E-state index in [1.807, 2.05) is 21.6 Å². The second-order valence-corrected chi connectivity index (χ2v) is 6.28. The Kier molecular flexibility index (Phi) is 4.63. The summed E-state index contributed by atoms with van der Waals surface area (Å²) in [6.45, 7) is 2.11. The number of allylic oxidation sites excluding steroid dienone is 4. The lowest BCUT2D eigenvalue weighted by atomic mass is 10.2. The van der Waals surface area contributed by atoms with Gasteiger partial charge in [0.1, 0.15) is 0 Å². The fourth-order valence-electron chi connectivity index (χ4n) is 1.53. The highest BCUT2D eigenvalue weighted by Crippen LogP contribution is 2.40. The van der Waals surface area contributed by atoms with Gasteiger partial charge in [-0.25, -0.2) is 0 Å². The molecule has 1 aliphatic carbocycles. The molecule has 0 aromatic heterocycles. The molecule has 0 unspecified atom stereocenters. The van der Waals surface area contributed by atoms with Crippen molar-refractivity contribution in [2.24, 2.45) is 0 Å². The topological polar surface area (TPSA) is 9.23 Å². The Bertz CT molecular complexity index is 432. The Hall–Kier alpha value is -0.800. The van der Waals surface area contributed by atoms with Crippen molar-refractivity contribution in [2.45, 2.75) is 24.7 Å². The summed E-state index contributed by atoms with van der Waals surface area (Å²) in [5.74, 6) is 1.08. The van der Waals surface area contributed by atoms with Gasteiger partial charge in [-0.1, -0.05) is 39.3 Å². The third-order valence-electron chi connectivity index (χ3n) is 2.60. The summed E-state index contributed by atoms with van der Waals surface area (Å²) in [6, 6.07) is 8.65. The molecule has 0 fully saturated rings. The highest BCUT2D eigenvalue weighted by atomic mass is 33.1. The van der Waals surface area contributed by atoms with Gasteiger partial charge in [0.05, 0.1) is 12.9 Å². The SMILES string of the molecule is COC1=CC=C(SSc2ccc(C)cc2)CC1. The second-order valence-electron chi connectivity index (χ2n) is 3.95. The third-order valence-corrected chi connectivity index (χ3v) is 5.17. The maximum absolute atomic E-state index is 5.22. The van der Waals surface area contributed by atoms with Gasteiger partial charge in [0.25, 0.3) is 0 Å². The van der Waals surface area contributed by atoms with Crippen LogP contribution in [0.4, 0.5) is 0 Å². The minimum Gasteiger partial charge on any atom is -0.501 e. The van der Waals surface area contributed by atoms with E-state index in [4.69, 9.17) is 4.74 Å². The van der Waals surface area contributed by atoms with E-state index in [9.17, 15) is 0 Å². The van der Waals surface area contributed by atoms with E-state index >= 15 is 0 Å². The minimum atomic E-state index is 1.02. The largest absolute Gasteiger partial charge is 0.501 e. The predicted octanol–water partition coefficient (Wildman–Crippen LogP) is 4.94. The summed E-state index contributed by atoms with van der Waals surface area (Å²) in [6.07, 6.45) is 6.34. The standard InChI is InChI=1S/C14H16OS2/c1-11-3-7-13(8-4-11)16-17-14-9-5-12(15-2)6-10-14/h3-5,7-9H,6,10H2,1-2H3. The maximum atomic E-state index is 5.22. The molecule has 1 nitrogen and oxygen atoms in total. The summed E-state index contributed by atoms with van der Waals surface area (Å²) < 4.78 is 5.22. The molecule has 0 bridgehead atoms. The van der Waals surface area contributed by atoms with Gasteiger partial charge in [0.15, 0.2) is 0 Å². The van der Waals surface area contributed by atoms with E-state index < -0.39 is 0 Å². The number of rotatable bonds is 4. The van der Waals surface area contributed by atoms with Crippen molar-refractivity contribution in [3.8, 4) is 0 Å². The molecule has 3 heteroatoms. The Morgan fingerprint density at radius 1 is 1.00 bits per heavy atom. The van der Waals surface area contributed by atoms with Crippen molar-refractivity contribution in [2.75, 3.05) is 7.11 Å². The molecule has 0 saturated carbocycles. The molecule has 0 saturated heterocycles. The Labute approximate surface area is 111 Å². The van der Waals surface area contributed by atoms with Crippen molar-refractivity contribution in [1.29, 1.82) is 0 Å². The van der Waals surface area contributed by atoms with Crippen LogP contribution in [0.2, 0.25) is 0 Å². The lowest BCUT2D eigenvalue weighted by Gasteiger charge is -2.12. The molecular formula is C14H16OS2. The number of aryl methyl sites for hydroxylation is 1. The fourth-order valence-corrected chi connectivity index (χ4v) is 3.65. The van der Waals surface area contributed by atoms with Crippen LogP contribution in [0.5, 0.6) is 0 Å². The smallest absolute Gasteiger partial charge is 0.0959 e. The monoisotopic (exact) mass is 264 g/mol. The first-order valence-corrected chi connectivity index (χ1v) is 7.78. The van der Waals surface area contributed by atoms with Crippen molar-refractivity contribution < 1.29 is 4.74 Å². The van der Waals surface area contributed by atoms with Gasteiger partial charge in [0.2, 0.25) is 0 Å². The van der Waals surface area contributed by atoms with Crippen LogP contribution in [0.1, 0.15) is 18.4 Å². The van der Waals surface area contributed by atoms with E-state index in [0.29, 0.717) is 0 Å². The van der Waals surface area contributed by atoms with E-state index in [-0.39, 0.29) is 0 Å². The number of ether oxygens (including phenoxy) is 1. The number of hydrogen-bond acceptors (Lipinski definition) is 3. The molecule has 1 aromatic carbocycles. The molecule has 1 aliphatic rings. The first kappa shape index (κ1) is 12.7. The van der Waals surface area contributed by atoms with Crippen LogP contribution in [-0.4, -0.2) is 7.11 Å². The first-order valence-electron chi connectivity index (χ1n) is 5.63. The maximum Gasteiger partial charge on any atom is 0.0959 e. The molecule has 0 amide bonds. The molecule has 90 valence electrons. The molecule has 0 spiro atoms. The van der Waals surface area contributed by atoms with Gasteiger partial charge in [-0.15, -0.1) is 0 Å². The average molecular weight is 264 g/mol. The number of hydrogen-bond donors (Lipinski definition) is 0. The highest BCUT2D eigenvalue weighted by molar-refractivity contribution is 8.78. The zero-order chi connectivity index (χ0) is 12.1. The quantitative estimate of drug-likeness (QED) is 0.713. The lowest BCUT2D eigenvalue weighted by molar-refractivity contribution is 0.276. The minimum absolute atomic E-state index is 1.02. The zero-order valence-corrected chi connectivity index (χ0v) is 11.7. The Morgan fingerprint density at radius 3 is 2.35 bits per heavy atom. The molecule has 1 aromatic rings. The second kappa shape index (κ2) is 6.22. The van der Waals surface area contributed by atoms with Crippen LogP contribution in [0, 0.1) is 6.92 Å². The zero-order valence-electron chi connectivity index (χ0n) is 10.1. The lowest BCUT2D eigenvalue weighted by Crippen LogP contribution is -1.92. The molecular weight excluding hydrogens is 248 g/mol.